The van der Waals surface area contributed by atoms with Gasteiger partial charge in [-0.3, -0.25) is 19.2 Å². The molecule has 0 spiro atoms. The Hall–Kier alpha value is -3.14. The second kappa shape index (κ2) is 8.70. The summed E-state index contributed by atoms with van der Waals surface area (Å²) < 4.78 is 27.5. The quantitative estimate of drug-likeness (QED) is 0.486. The summed E-state index contributed by atoms with van der Waals surface area (Å²) in [5, 5.41) is 14.7. The van der Waals surface area contributed by atoms with Crippen LogP contribution in [0.4, 0.5) is 17.1 Å². The zero-order valence-electron chi connectivity index (χ0n) is 16.5. The van der Waals surface area contributed by atoms with Gasteiger partial charge in [-0.25, -0.2) is 8.42 Å². The van der Waals surface area contributed by atoms with E-state index in [9.17, 15) is 23.3 Å². The number of hydrogen-bond acceptors (Lipinski definition) is 6. The van der Waals surface area contributed by atoms with Gasteiger partial charge in [-0.2, -0.15) is 0 Å². The number of anilines is 2. The summed E-state index contributed by atoms with van der Waals surface area (Å²) >= 11 is 0. The Bertz CT molecular complexity index is 1040. The van der Waals surface area contributed by atoms with Crippen molar-refractivity contribution < 1.29 is 18.1 Å². The van der Waals surface area contributed by atoms with E-state index in [1.807, 2.05) is 0 Å². The molecule has 0 bridgehead atoms. The number of rotatable bonds is 8. The van der Waals surface area contributed by atoms with Crippen LogP contribution in [0.3, 0.4) is 0 Å². The fourth-order valence-electron chi connectivity index (χ4n) is 3.83. The minimum atomic E-state index is -4.00. The first kappa shape index (κ1) is 21.6. The lowest BCUT2D eigenvalue weighted by Gasteiger charge is -2.23. The summed E-state index contributed by atoms with van der Waals surface area (Å²) in [7, 11) is -4.00. The Morgan fingerprint density at radius 3 is 2.53 bits per heavy atom. The minimum Gasteiger partial charge on any atom is -0.376 e. The van der Waals surface area contributed by atoms with Crippen LogP contribution in [0.2, 0.25) is 0 Å². The molecule has 1 amide bonds. The van der Waals surface area contributed by atoms with Gasteiger partial charge in [-0.15, -0.1) is 0 Å². The first-order valence-corrected chi connectivity index (χ1v) is 11.1. The van der Waals surface area contributed by atoms with Crippen molar-refractivity contribution in [2.45, 2.75) is 37.1 Å². The Balaban J connectivity index is 1.96. The molecule has 10 heteroatoms. The van der Waals surface area contributed by atoms with E-state index < -0.39 is 26.8 Å². The maximum absolute atomic E-state index is 13.2. The number of nitrogens with one attached hydrogen (secondary N) is 1. The van der Waals surface area contributed by atoms with Crippen LogP contribution >= 0.6 is 0 Å². The van der Waals surface area contributed by atoms with Gasteiger partial charge >= 0.3 is 0 Å². The largest absolute Gasteiger partial charge is 0.376 e. The van der Waals surface area contributed by atoms with Crippen molar-refractivity contribution in [2.24, 2.45) is 11.7 Å². The van der Waals surface area contributed by atoms with Crippen molar-refractivity contribution in [3.63, 3.8) is 0 Å². The number of hydrogen-bond donors (Lipinski definition) is 2. The monoisotopic (exact) mass is 432 g/mol. The third-order valence-corrected chi connectivity index (χ3v) is 7.21. The Morgan fingerprint density at radius 1 is 1.23 bits per heavy atom. The van der Waals surface area contributed by atoms with Crippen LogP contribution in [0.5, 0.6) is 0 Å². The molecule has 0 saturated heterocycles. The fraction of sp³-hybridized carbons (Fsp3) is 0.350. The number of benzene rings is 2. The van der Waals surface area contributed by atoms with E-state index in [1.54, 1.807) is 37.3 Å². The molecule has 9 nitrogen and oxygen atoms in total. The van der Waals surface area contributed by atoms with Crippen LogP contribution in [0.25, 0.3) is 0 Å². The molecule has 0 aliphatic heterocycles. The maximum atomic E-state index is 13.2. The van der Waals surface area contributed by atoms with Gasteiger partial charge in [0.25, 0.3) is 15.7 Å². The smallest absolute Gasteiger partial charge is 0.293 e. The van der Waals surface area contributed by atoms with E-state index in [0.717, 1.165) is 12.5 Å². The van der Waals surface area contributed by atoms with Gasteiger partial charge in [0, 0.05) is 18.7 Å². The van der Waals surface area contributed by atoms with Crippen molar-refractivity contribution in [1.29, 1.82) is 0 Å². The zero-order chi connectivity index (χ0) is 21.9. The third kappa shape index (κ3) is 4.23. The summed E-state index contributed by atoms with van der Waals surface area (Å²) in [6, 6.07) is 12.0. The molecule has 0 heterocycles. The van der Waals surface area contributed by atoms with Crippen molar-refractivity contribution in [2.75, 3.05) is 16.2 Å². The molecule has 0 radical (unpaired) electrons. The molecule has 3 rings (SSSR count). The van der Waals surface area contributed by atoms with E-state index in [1.165, 1.54) is 16.4 Å². The number of nitro groups is 1. The first-order chi connectivity index (χ1) is 14.3. The number of nitrogens with two attached hydrogens (primary N) is 1. The van der Waals surface area contributed by atoms with Crippen molar-refractivity contribution in [3.05, 3.63) is 58.6 Å². The number of nitro benzene ring substituents is 1. The predicted molar refractivity (Wildman–Crippen MR) is 114 cm³/mol. The molecule has 2 aromatic rings. The third-order valence-electron chi connectivity index (χ3n) is 5.31. The molecule has 1 aliphatic rings. The summed E-state index contributed by atoms with van der Waals surface area (Å²) in [6.07, 6.45) is 2.06. The summed E-state index contributed by atoms with van der Waals surface area (Å²) in [4.78, 5) is 22.5. The van der Waals surface area contributed by atoms with Crippen LogP contribution in [-0.2, 0) is 14.8 Å². The highest BCUT2D eigenvalue weighted by Gasteiger charge is 2.33. The highest BCUT2D eigenvalue weighted by molar-refractivity contribution is 7.92. The molecule has 3 N–H and O–H groups in total. The molecular weight excluding hydrogens is 408 g/mol. The van der Waals surface area contributed by atoms with Crippen LogP contribution < -0.4 is 15.4 Å². The Morgan fingerprint density at radius 2 is 1.93 bits per heavy atom. The van der Waals surface area contributed by atoms with Gasteiger partial charge in [-0.05, 0) is 44.0 Å². The highest BCUT2D eigenvalue weighted by atomic mass is 32.2. The van der Waals surface area contributed by atoms with E-state index >= 15 is 0 Å². The lowest BCUT2D eigenvalue weighted by atomic mass is 10.0. The Labute approximate surface area is 175 Å². The summed E-state index contributed by atoms with van der Waals surface area (Å²) in [5.41, 5.74) is 5.70. The molecule has 30 heavy (non-hydrogen) atoms. The first-order valence-electron chi connectivity index (χ1n) is 9.67. The minimum absolute atomic E-state index is 0.167. The van der Waals surface area contributed by atoms with Crippen molar-refractivity contribution >= 4 is 33.0 Å². The fourth-order valence-corrected chi connectivity index (χ4v) is 5.33. The molecule has 2 atom stereocenters. The molecule has 2 aromatic carbocycles. The molecule has 0 unspecified atom stereocenters. The lowest BCUT2D eigenvalue weighted by Crippen LogP contribution is -2.34. The van der Waals surface area contributed by atoms with Gasteiger partial charge in [0.05, 0.1) is 21.4 Å². The van der Waals surface area contributed by atoms with Crippen LogP contribution in [0.15, 0.2) is 53.4 Å². The molecule has 1 fully saturated rings. The van der Waals surface area contributed by atoms with E-state index in [4.69, 9.17) is 5.73 Å². The second-order valence-electron chi connectivity index (χ2n) is 7.13. The maximum Gasteiger partial charge on any atom is 0.293 e. The second-order valence-corrected chi connectivity index (χ2v) is 8.99. The average molecular weight is 433 g/mol. The summed E-state index contributed by atoms with van der Waals surface area (Å²) in [6.45, 7) is 1.86. The van der Waals surface area contributed by atoms with Gasteiger partial charge < -0.3 is 11.1 Å². The SMILES string of the molecule is CCN(c1ccccc1)S(=O)(=O)c1ccc(N[C@H]2CCC[C@H]2C(N)=O)c([N+](=O)[O-])c1. The molecule has 1 aliphatic carbocycles. The number of carbonyl (C=O) groups excluding carboxylic acids is 1. The van der Waals surface area contributed by atoms with Crippen LogP contribution in [0, 0.1) is 16.0 Å². The number of carbonyl (C=O) groups is 1. The van der Waals surface area contributed by atoms with Gasteiger partial charge in [0.2, 0.25) is 5.91 Å². The predicted octanol–water partition coefficient (Wildman–Crippen LogP) is 2.88. The highest BCUT2D eigenvalue weighted by Crippen LogP contribution is 2.34. The standard InChI is InChI=1S/C20H24N4O5S/c1-2-23(14-7-4-3-5-8-14)30(28,29)15-11-12-18(19(13-15)24(26)27)22-17-10-6-9-16(17)20(21)25/h3-5,7-8,11-13,16-17,22H,2,6,9-10H2,1H3,(H2,21,25)/t16-,17+/m1/s1. The zero-order valence-corrected chi connectivity index (χ0v) is 17.3. The summed E-state index contributed by atoms with van der Waals surface area (Å²) in [5.74, 6) is -0.866. The van der Waals surface area contributed by atoms with E-state index in [0.29, 0.717) is 18.5 Å². The van der Waals surface area contributed by atoms with Gasteiger partial charge in [0.15, 0.2) is 0 Å². The van der Waals surface area contributed by atoms with Gasteiger partial charge in [-0.1, -0.05) is 24.6 Å². The normalized spacial score (nSPS) is 18.7. The molecule has 0 aromatic heterocycles. The van der Waals surface area contributed by atoms with Crippen LogP contribution in [-0.4, -0.2) is 31.8 Å². The number of amides is 1. The van der Waals surface area contributed by atoms with Gasteiger partial charge in [0.1, 0.15) is 5.69 Å². The van der Waals surface area contributed by atoms with Crippen LogP contribution in [0.1, 0.15) is 26.2 Å². The van der Waals surface area contributed by atoms with Crippen molar-refractivity contribution in [1.82, 2.24) is 0 Å². The number of primary amides is 1. The van der Waals surface area contributed by atoms with Crippen molar-refractivity contribution in [3.8, 4) is 0 Å². The number of nitrogens with zero attached hydrogens (tertiary/aromatic N) is 2. The number of sulfonamides is 1. The topological polar surface area (TPSA) is 136 Å². The molecule has 160 valence electrons. The lowest BCUT2D eigenvalue weighted by molar-refractivity contribution is -0.384. The average Bonchev–Trinajstić information content (AvgIpc) is 3.17. The number of para-hydroxylation sites is 1. The molecular formula is C20H24N4O5S. The Kier molecular flexibility index (Phi) is 6.25. The molecule has 1 saturated carbocycles. The van der Waals surface area contributed by atoms with E-state index in [-0.39, 0.29) is 28.9 Å². The van der Waals surface area contributed by atoms with E-state index in [2.05, 4.69) is 5.32 Å².